The number of aromatic carboxylic acids is 1. The van der Waals surface area contributed by atoms with Gasteiger partial charge in [-0.1, -0.05) is 20.8 Å². The molecule has 0 aliphatic rings. The molecule has 0 fully saturated rings. The number of carboxylic acids is 1. The lowest BCUT2D eigenvalue weighted by atomic mass is 9.96. The summed E-state index contributed by atoms with van der Waals surface area (Å²) in [5.74, 6) is 0.310. The predicted molar refractivity (Wildman–Crippen MR) is 71.8 cm³/mol. The quantitative estimate of drug-likeness (QED) is 0.788. The van der Waals surface area contributed by atoms with Gasteiger partial charge >= 0.3 is 5.97 Å². The molecule has 0 radical (unpaired) electrons. The van der Waals surface area contributed by atoms with Crippen LogP contribution in [-0.2, 0) is 5.41 Å². The zero-order valence-electron chi connectivity index (χ0n) is 11.1. The molecule has 2 aromatic rings. The molecule has 6 nitrogen and oxygen atoms in total. The van der Waals surface area contributed by atoms with Crippen LogP contribution in [0, 0.1) is 0 Å². The molecule has 0 saturated carbocycles. The van der Waals surface area contributed by atoms with E-state index in [4.69, 9.17) is 5.11 Å². The molecule has 0 bridgehead atoms. The topological polar surface area (TPSA) is 90.9 Å². The first-order chi connectivity index (χ1) is 8.86. The number of rotatable bonds is 3. The summed E-state index contributed by atoms with van der Waals surface area (Å²) in [5, 5.41) is 18.8. The van der Waals surface area contributed by atoms with Crippen LogP contribution in [-0.4, -0.2) is 26.3 Å². The summed E-state index contributed by atoms with van der Waals surface area (Å²) in [6.07, 6.45) is 0. The number of hydrogen-bond acceptors (Lipinski definition) is 4. The summed E-state index contributed by atoms with van der Waals surface area (Å²) in [4.78, 5) is 15.1. The Morgan fingerprint density at radius 2 is 1.89 bits per heavy atom. The highest BCUT2D eigenvalue weighted by atomic mass is 16.4. The minimum atomic E-state index is -0.945. The molecule has 100 valence electrons. The van der Waals surface area contributed by atoms with E-state index in [0.717, 1.165) is 11.5 Å². The Morgan fingerprint density at radius 1 is 1.26 bits per heavy atom. The van der Waals surface area contributed by atoms with E-state index < -0.39 is 5.97 Å². The van der Waals surface area contributed by atoms with Crippen molar-refractivity contribution in [2.24, 2.45) is 0 Å². The molecule has 1 aromatic carbocycles. The maximum Gasteiger partial charge on any atom is 0.335 e. The second-order valence-corrected chi connectivity index (χ2v) is 5.27. The van der Waals surface area contributed by atoms with Gasteiger partial charge in [0.15, 0.2) is 0 Å². The second-order valence-electron chi connectivity index (χ2n) is 5.27. The predicted octanol–water partition coefficient (Wildman–Crippen LogP) is 2.54. The first-order valence-electron chi connectivity index (χ1n) is 5.89. The summed E-state index contributed by atoms with van der Waals surface area (Å²) < 4.78 is 0. The monoisotopic (exact) mass is 260 g/mol. The van der Waals surface area contributed by atoms with Crippen LogP contribution in [0.15, 0.2) is 24.3 Å². The zero-order chi connectivity index (χ0) is 14.0. The van der Waals surface area contributed by atoms with Gasteiger partial charge in [0, 0.05) is 11.1 Å². The van der Waals surface area contributed by atoms with Crippen LogP contribution < -0.4 is 5.32 Å². The van der Waals surface area contributed by atoms with Crippen LogP contribution in [0.3, 0.4) is 0 Å². The van der Waals surface area contributed by atoms with Crippen LogP contribution >= 0.6 is 0 Å². The Bertz CT molecular complexity index is 581. The lowest BCUT2D eigenvalue weighted by Gasteiger charge is -2.12. The van der Waals surface area contributed by atoms with Gasteiger partial charge < -0.3 is 10.4 Å². The molecule has 0 unspecified atom stereocenters. The van der Waals surface area contributed by atoms with E-state index in [1.165, 1.54) is 12.1 Å². The third-order valence-corrected chi connectivity index (χ3v) is 2.58. The molecule has 0 aliphatic heterocycles. The van der Waals surface area contributed by atoms with E-state index >= 15 is 0 Å². The molecule has 1 heterocycles. The normalized spacial score (nSPS) is 11.3. The van der Waals surface area contributed by atoms with E-state index in [1.54, 1.807) is 12.1 Å². The average molecular weight is 260 g/mol. The largest absolute Gasteiger partial charge is 0.478 e. The number of anilines is 2. The van der Waals surface area contributed by atoms with E-state index in [-0.39, 0.29) is 11.0 Å². The molecular weight excluding hydrogens is 244 g/mol. The van der Waals surface area contributed by atoms with Gasteiger partial charge in [-0.3, -0.25) is 5.10 Å². The van der Waals surface area contributed by atoms with Crippen molar-refractivity contribution in [3.8, 4) is 0 Å². The van der Waals surface area contributed by atoms with Crippen LogP contribution in [0.1, 0.15) is 37.0 Å². The summed E-state index contributed by atoms with van der Waals surface area (Å²) in [7, 11) is 0. The van der Waals surface area contributed by atoms with Crippen LogP contribution in [0.25, 0.3) is 0 Å². The highest BCUT2D eigenvalue weighted by molar-refractivity contribution is 5.88. The van der Waals surface area contributed by atoms with Crippen molar-refractivity contribution in [3.63, 3.8) is 0 Å². The number of hydrogen-bond donors (Lipinski definition) is 3. The van der Waals surface area contributed by atoms with Gasteiger partial charge in [-0.05, 0) is 24.3 Å². The number of carbonyl (C=O) groups is 1. The van der Waals surface area contributed by atoms with Gasteiger partial charge in [0.2, 0.25) is 5.95 Å². The summed E-state index contributed by atoms with van der Waals surface area (Å²) in [6.45, 7) is 6.12. The molecule has 0 saturated heterocycles. The van der Waals surface area contributed by atoms with Gasteiger partial charge in [-0.15, -0.1) is 5.10 Å². The number of nitrogens with zero attached hydrogens (tertiary/aromatic N) is 2. The number of nitrogens with one attached hydrogen (secondary N) is 2. The van der Waals surface area contributed by atoms with Crippen molar-refractivity contribution < 1.29 is 9.90 Å². The Hall–Kier alpha value is -2.37. The van der Waals surface area contributed by atoms with E-state index in [1.807, 2.05) is 20.8 Å². The first-order valence-corrected chi connectivity index (χ1v) is 5.89. The Kier molecular flexibility index (Phi) is 3.25. The molecule has 0 atom stereocenters. The average Bonchev–Trinajstić information content (AvgIpc) is 2.78. The van der Waals surface area contributed by atoms with Crippen molar-refractivity contribution in [2.75, 3.05) is 5.32 Å². The smallest absolute Gasteiger partial charge is 0.335 e. The fourth-order valence-electron chi connectivity index (χ4n) is 1.48. The van der Waals surface area contributed by atoms with Crippen LogP contribution in [0.4, 0.5) is 11.6 Å². The first kappa shape index (κ1) is 13.1. The molecule has 2 rings (SSSR count). The fraction of sp³-hybridized carbons (Fsp3) is 0.308. The van der Waals surface area contributed by atoms with Gasteiger partial charge in [-0.25, -0.2) is 4.79 Å². The molecule has 6 heteroatoms. The lowest BCUT2D eigenvalue weighted by molar-refractivity contribution is 0.0697. The van der Waals surface area contributed by atoms with Gasteiger partial charge in [0.25, 0.3) is 0 Å². The minimum absolute atomic E-state index is 0.0971. The summed E-state index contributed by atoms with van der Waals surface area (Å²) in [5.41, 5.74) is 0.889. The maximum absolute atomic E-state index is 10.7. The molecule has 3 N–H and O–H groups in total. The Labute approximate surface area is 110 Å². The molecule has 1 aromatic heterocycles. The zero-order valence-corrected chi connectivity index (χ0v) is 11.1. The van der Waals surface area contributed by atoms with E-state index in [0.29, 0.717) is 5.95 Å². The summed E-state index contributed by atoms with van der Waals surface area (Å²) >= 11 is 0. The van der Waals surface area contributed by atoms with Gasteiger partial charge in [0.05, 0.1) is 5.56 Å². The molecule has 19 heavy (non-hydrogen) atoms. The Balaban J connectivity index is 2.13. The fourth-order valence-corrected chi connectivity index (χ4v) is 1.48. The maximum atomic E-state index is 10.7. The van der Waals surface area contributed by atoms with Gasteiger partial charge in [0.1, 0.15) is 5.82 Å². The number of aromatic nitrogens is 3. The number of H-pyrrole nitrogens is 1. The second kappa shape index (κ2) is 4.72. The van der Waals surface area contributed by atoms with Crippen LogP contribution in [0.5, 0.6) is 0 Å². The third-order valence-electron chi connectivity index (χ3n) is 2.58. The highest BCUT2D eigenvalue weighted by Crippen LogP contribution is 2.20. The van der Waals surface area contributed by atoms with Crippen LogP contribution in [0.2, 0.25) is 0 Å². The number of carboxylic acid groups (broad SMARTS) is 1. The third kappa shape index (κ3) is 3.09. The summed E-state index contributed by atoms with van der Waals surface area (Å²) in [6, 6.07) is 6.41. The molecule has 0 amide bonds. The molecular formula is C13H16N4O2. The number of aromatic amines is 1. The lowest BCUT2D eigenvalue weighted by Crippen LogP contribution is -2.13. The number of benzene rings is 1. The van der Waals surface area contributed by atoms with E-state index in [9.17, 15) is 4.79 Å². The Morgan fingerprint density at radius 3 is 2.37 bits per heavy atom. The van der Waals surface area contributed by atoms with Gasteiger partial charge in [-0.2, -0.15) is 4.98 Å². The highest BCUT2D eigenvalue weighted by Gasteiger charge is 2.18. The molecule has 0 spiro atoms. The van der Waals surface area contributed by atoms with Crippen molar-refractivity contribution in [3.05, 3.63) is 35.7 Å². The molecule has 0 aliphatic carbocycles. The van der Waals surface area contributed by atoms with Crippen molar-refractivity contribution >= 4 is 17.6 Å². The van der Waals surface area contributed by atoms with Crippen molar-refractivity contribution in [1.29, 1.82) is 0 Å². The van der Waals surface area contributed by atoms with E-state index in [2.05, 4.69) is 20.5 Å². The van der Waals surface area contributed by atoms with Crippen molar-refractivity contribution in [2.45, 2.75) is 26.2 Å². The van der Waals surface area contributed by atoms with Crippen molar-refractivity contribution in [1.82, 2.24) is 15.2 Å². The standard InChI is InChI=1S/C13H16N4O2/c1-13(2,3)11-15-12(17-16-11)14-9-6-4-8(5-7-9)10(18)19/h4-7H,1-3H3,(H,18,19)(H2,14,15,16,17). The minimum Gasteiger partial charge on any atom is -0.478 e. The SMILES string of the molecule is CC(C)(C)c1nc(Nc2ccc(C(=O)O)cc2)n[nH]1.